The molecule has 2 aromatic heterocycles. The molecule has 25 heavy (non-hydrogen) atoms. The molecule has 0 N–H and O–H groups in total. The first-order valence-corrected chi connectivity index (χ1v) is 9.04. The zero-order valence-electron chi connectivity index (χ0n) is 14.9. The van der Waals surface area contributed by atoms with Gasteiger partial charge in [0.15, 0.2) is 5.58 Å². The van der Waals surface area contributed by atoms with Gasteiger partial charge in [0.25, 0.3) is 5.91 Å². The third-order valence-corrected chi connectivity index (χ3v) is 5.40. The van der Waals surface area contributed by atoms with E-state index in [4.69, 9.17) is 4.42 Å². The van der Waals surface area contributed by atoms with Crippen LogP contribution < -0.4 is 0 Å². The fourth-order valence-corrected chi connectivity index (χ4v) is 3.66. The summed E-state index contributed by atoms with van der Waals surface area (Å²) in [6.07, 6.45) is 3.86. The van der Waals surface area contributed by atoms with Gasteiger partial charge in [0.2, 0.25) is 0 Å². The van der Waals surface area contributed by atoms with E-state index in [2.05, 4.69) is 30.5 Å². The van der Waals surface area contributed by atoms with Gasteiger partial charge in [-0.1, -0.05) is 31.2 Å². The molecule has 0 radical (unpaired) electrons. The summed E-state index contributed by atoms with van der Waals surface area (Å²) >= 11 is 0. The molecule has 0 spiro atoms. The summed E-state index contributed by atoms with van der Waals surface area (Å²) in [6.45, 7) is 6.74. The van der Waals surface area contributed by atoms with E-state index in [-0.39, 0.29) is 5.91 Å². The van der Waals surface area contributed by atoms with Gasteiger partial charge >= 0.3 is 0 Å². The van der Waals surface area contributed by atoms with Crippen LogP contribution in [0.25, 0.3) is 11.1 Å². The molecule has 0 saturated carbocycles. The van der Waals surface area contributed by atoms with Crippen LogP contribution in [-0.4, -0.2) is 28.5 Å². The normalized spacial score (nSPS) is 15.8. The second-order valence-corrected chi connectivity index (χ2v) is 7.19. The van der Waals surface area contributed by atoms with Gasteiger partial charge in [0.05, 0.1) is 11.8 Å². The van der Waals surface area contributed by atoms with Crippen LogP contribution in [0.4, 0.5) is 0 Å². The van der Waals surface area contributed by atoms with Crippen molar-refractivity contribution in [2.24, 2.45) is 5.92 Å². The number of piperidine rings is 1. The summed E-state index contributed by atoms with van der Waals surface area (Å²) in [5.74, 6) is 0.825. The lowest BCUT2D eigenvalue weighted by molar-refractivity contribution is 0.0687. The second-order valence-electron chi connectivity index (χ2n) is 7.19. The van der Waals surface area contributed by atoms with E-state index >= 15 is 0 Å². The zero-order valence-corrected chi connectivity index (χ0v) is 14.9. The molecule has 4 nitrogen and oxygen atoms in total. The first-order valence-electron chi connectivity index (χ1n) is 9.04. The number of furan rings is 1. The Balaban J connectivity index is 1.70. The van der Waals surface area contributed by atoms with Crippen molar-refractivity contribution in [2.45, 2.75) is 33.2 Å². The maximum absolute atomic E-state index is 13.1. The predicted molar refractivity (Wildman–Crippen MR) is 98.8 cm³/mol. The molecular formula is C21H24N2O2. The second kappa shape index (κ2) is 6.43. The Morgan fingerprint density at radius 1 is 1.20 bits per heavy atom. The highest BCUT2D eigenvalue weighted by molar-refractivity contribution is 5.97. The highest BCUT2D eigenvalue weighted by Gasteiger charge is 2.25. The highest BCUT2D eigenvalue weighted by Crippen LogP contribution is 2.26. The molecule has 0 bridgehead atoms. The topological polar surface area (TPSA) is 38.4 Å². The van der Waals surface area contributed by atoms with Gasteiger partial charge in [0, 0.05) is 31.8 Å². The van der Waals surface area contributed by atoms with Gasteiger partial charge in [0.1, 0.15) is 5.69 Å². The number of likely N-dealkylation sites (tertiary alicyclic amines) is 1. The number of nitrogens with zero attached hydrogens (tertiary/aromatic N) is 2. The maximum atomic E-state index is 13.1. The molecule has 1 fully saturated rings. The molecule has 0 aliphatic carbocycles. The molecular weight excluding hydrogens is 312 g/mol. The van der Waals surface area contributed by atoms with Gasteiger partial charge in [-0.2, -0.15) is 0 Å². The lowest BCUT2D eigenvalue weighted by atomic mass is 9.99. The van der Waals surface area contributed by atoms with Crippen LogP contribution in [0.2, 0.25) is 0 Å². The minimum atomic E-state index is 0.117. The molecule has 1 aliphatic rings. The van der Waals surface area contributed by atoms with E-state index in [0.717, 1.165) is 42.7 Å². The summed E-state index contributed by atoms with van der Waals surface area (Å²) in [5, 5.41) is 0. The highest BCUT2D eigenvalue weighted by atomic mass is 16.3. The van der Waals surface area contributed by atoms with Crippen molar-refractivity contribution in [3.05, 3.63) is 59.5 Å². The summed E-state index contributed by atoms with van der Waals surface area (Å²) in [6, 6.07) is 12.2. The van der Waals surface area contributed by atoms with E-state index in [1.165, 1.54) is 11.1 Å². The fraction of sp³-hybridized carbons (Fsp3) is 0.381. The predicted octanol–water partition coefficient (Wildman–Crippen LogP) is 4.46. The Morgan fingerprint density at radius 2 is 1.96 bits per heavy atom. The summed E-state index contributed by atoms with van der Waals surface area (Å²) < 4.78 is 7.67. The lowest BCUT2D eigenvalue weighted by Gasteiger charge is -2.30. The number of hydrogen-bond acceptors (Lipinski definition) is 2. The third-order valence-electron chi connectivity index (χ3n) is 5.40. The number of carbonyl (C=O) groups excluding carboxylic acids is 1. The lowest BCUT2D eigenvalue weighted by Crippen LogP contribution is -2.38. The number of hydrogen-bond donors (Lipinski definition) is 0. The average Bonchev–Trinajstić information content (AvgIpc) is 3.19. The Labute approximate surface area is 148 Å². The van der Waals surface area contributed by atoms with Crippen molar-refractivity contribution in [2.75, 3.05) is 13.1 Å². The fourth-order valence-electron chi connectivity index (χ4n) is 3.66. The van der Waals surface area contributed by atoms with Gasteiger partial charge in [-0.05, 0) is 36.8 Å². The summed E-state index contributed by atoms with van der Waals surface area (Å²) in [4.78, 5) is 15.1. The maximum Gasteiger partial charge on any atom is 0.270 e. The smallest absolute Gasteiger partial charge is 0.270 e. The largest absolute Gasteiger partial charge is 0.463 e. The molecule has 3 aromatic rings. The standard InChI is InChI=1S/C21H24N2O2/c1-15-7-10-22(11-8-15)21(24)19-13-20-18(9-12-25-20)23(19)14-17-6-4-3-5-16(17)2/h3-6,9,12-13,15H,7-8,10-11,14H2,1-2H3. The van der Waals surface area contributed by atoms with Crippen molar-refractivity contribution in [1.82, 2.24) is 9.47 Å². The molecule has 0 unspecified atom stereocenters. The molecule has 3 heterocycles. The quantitative estimate of drug-likeness (QED) is 0.708. The van der Waals surface area contributed by atoms with Gasteiger partial charge in [-0.15, -0.1) is 0 Å². The number of benzene rings is 1. The van der Waals surface area contributed by atoms with Gasteiger partial charge in [-0.3, -0.25) is 4.79 Å². The molecule has 4 rings (SSSR count). The molecule has 4 heteroatoms. The zero-order chi connectivity index (χ0) is 17.4. The first-order chi connectivity index (χ1) is 12.1. The van der Waals surface area contributed by atoms with Crippen molar-refractivity contribution in [3.63, 3.8) is 0 Å². The van der Waals surface area contributed by atoms with Crippen molar-refractivity contribution in [3.8, 4) is 0 Å². The van der Waals surface area contributed by atoms with Crippen LogP contribution >= 0.6 is 0 Å². The Kier molecular flexibility index (Phi) is 4.12. The summed E-state index contributed by atoms with van der Waals surface area (Å²) in [5.41, 5.74) is 4.95. The number of carbonyl (C=O) groups is 1. The Hall–Kier alpha value is -2.49. The number of aromatic nitrogens is 1. The van der Waals surface area contributed by atoms with E-state index in [9.17, 15) is 4.79 Å². The van der Waals surface area contributed by atoms with Crippen LogP contribution in [-0.2, 0) is 6.54 Å². The van der Waals surface area contributed by atoms with Crippen molar-refractivity contribution >= 4 is 17.0 Å². The van der Waals surface area contributed by atoms with Crippen LogP contribution in [0.1, 0.15) is 41.4 Å². The van der Waals surface area contributed by atoms with Crippen LogP contribution in [0, 0.1) is 12.8 Å². The SMILES string of the molecule is Cc1ccccc1Cn1c(C(=O)N2CCC(C)CC2)cc2occc21. The third kappa shape index (κ3) is 2.97. The molecule has 0 atom stereocenters. The number of rotatable bonds is 3. The Morgan fingerprint density at radius 3 is 2.72 bits per heavy atom. The van der Waals surface area contributed by atoms with Crippen LogP contribution in [0.15, 0.2) is 47.1 Å². The van der Waals surface area contributed by atoms with Gasteiger partial charge in [-0.25, -0.2) is 0 Å². The number of fused-ring (bicyclic) bond motifs is 1. The van der Waals surface area contributed by atoms with Crippen LogP contribution in [0.5, 0.6) is 0 Å². The van der Waals surface area contributed by atoms with E-state index in [0.29, 0.717) is 12.5 Å². The molecule has 1 saturated heterocycles. The van der Waals surface area contributed by atoms with Crippen LogP contribution in [0.3, 0.4) is 0 Å². The minimum Gasteiger partial charge on any atom is -0.463 e. The molecule has 130 valence electrons. The van der Waals surface area contributed by atoms with Crippen molar-refractivity contribution < 1.29 is 9.21 Å². The van der Waals surface area contributed by atoms with Gasteiger partial charge < -0.3 is 13.9 Å². The monoisotopic (exact) mass is 336 g/mol. The number of aryl methyl sites for hydroxylation is 1. The van der Waals surface area contributed by atoms with E-state index < -0.39 is 0 Å². The first kappa shape index (κ1) is 16.0. The molecule has 1 amide bonds. The Bertz CT molecular complexity index is 898. The minimum absolute atomic E-state index is 0.117. The molecule has 1 aromatic carbocycles. The van der Waals surface area contributed by atoms with E-state index in [1.807, 2.05) is 29.2 Å². The average molecular weight is 336 g/mol. The molecule has 1 aliphatic heterocycles. The van der Waals surface area contributed by atoms with E-state index in [1.54, 1.807) is 6.26 Å². The number of amides is 1. The van der Waals surface area contributed by atoms with Crippen molar-refractivity contribution in [1.29, 1.82) is 0 Å². The summed E-state index contributed by atoms with van der Waals surface area (Å²) in [7, 11) is 0.